The van der Waals surface area contributed by atoms with Gasteiger partial charge in [-0.05, 0) is 6.92 Å². The van der Waals surface area contributed by atoms with Gasteiger partial charge in [-0.3, -0.25) is 4.79 Å². The minimum absolute atomic E-state index is 0.0475. The lowest BCUT2D eigenvalue weighted by Crippen LogP contribution is -2.61. The van der Waals surface area contributed by atoms with Gasteiger partial charge in [0.05, 0.1) is 0 Å². The van der Waals surface area contributed by atoms with Crippen molar-refractivity contribution in [2.45, 2.75) is 32.6 Å². The Kier molecular flexibility index (Phi) is 3.41. The van der Waals surface area contributed by atoms with Crippen LogP contribution >= 0.6 is 0 Å². The van der Waals surface area contributed by atoms with Crippen molar-refractivity contribution in [3.8, 4) is 0 Å². The number of amides is 1. The summed E-state index contributed by atoms with van der Waals surface area (Å²) >= 11 is 0. The first-order chi connectivity index (χ1) is 5.98. The number of hydrogen-bond acceptors (Lipinski definition) is 5. The van der Waals surface area contributed by atoms with E-state index in [1.54, 1.807) is 0 Å². The molecule has 0 radical (unpaired) electrons. The molecule has 0 aliphatic heterocycles. The lowest BCUT2D eigenvalue weighted by Gasteiger charge is -2.39. The van der Waals surface area contributed by atoms with Crippen molar-refractivity contribution in [3.63, 3.8) is 0 Å². The fourth-order valence-corrected chi connectivity index (χ4v) is 0.977. The van der Waals surface area contributed by atoms with Gasteiger partial charge in [-0.15, -0.1) is 0 Å². The van der Waals surface area contributed by atoms with Gasteiger partial charge in [0.25, 0.3) is 5.91 Å². The molecule has 0 saturated heterocycles. The topological polar surface area (TPSA) is 101 Å². The highest BCUT2D eigenvalue weighted by Crippen LogP contribution is 2.19. The fourth-order valence-electron chi connectivity index (χ4n) is 0.977. The monoisotopic (exact) mass is 205 g/mol. The predicted octanol–water partition coefficient (Wildman–Crippen LogP) is -1.29. The third kappa shape index (κ3) is 3.08. The van der Waals surface area contributed by atoms with Crippen LogP contribution in [0, 0.1) is 0 Å². The molecule has 0 bridgehead atoms. The third-order valence-corrected chi connectivity index (χ3v) is 1.42. The molecule has 1 amide bonds. The zero-order valence-corrected chi connectivity index (χ0v) is 8.35. The van der Waals surface area contributed by atoms with Gasteiger partial charge in [0, 0.05) is 19.4 Å². The summed E-state index contributed by atoms with van der Waals surface area (Å²) in [6.45, 7) is 6.24. The van der Waals surface area contributed by atoms with Crippen LogP contribution in [0.15, 0.2) is 12.2 Å². The summed E-state index contributed by atoms with van der Waals surface area (Å²) in [7, 11) is 0. The Morgan fingerprint density at radius 1 is 1.14 bits per heavy atom. The highest BCUT2D eigenvalue weighted by Gasteiger charge is 2.42. The first kappa shape index (κ1) is 13.1. The SMILES string of the molecule is C=C(C)C(=O)N(C(C)(O)O)C(C)(O)O. The Labute approximate surface area is 81.7 Å². The van der Waals surface area contributed by atoms with Gasteiger partial charge in [0.1, 0.15) is 0 Å². The maximum absolute atomic E-state index is 11.3. The Balaban J connectivity index is 5.15. The van der Waals surface area contributed by atoms with Gasteiger partial charge in [-0.1, -0.05) is 6.58 Å². The molecule has 4 N–H and O–H groups in total. The number of carbonyl (C=O) groups excluding carboxylic acids is 1. The fraction of sp³-hybridized carbons (Fsp3) is 0.625. The summed E-state index contributed by atoms with van der Waals surface area (Å²) in [6, 6.07) is 0. The highest BCUT2D eigenvalue weighted by atomic mass is 16.6. The normalized spacial score (nSPS) is 12.5. The van der Waals surface area contributed by atoms with E-state index in [9.17, 15) is 4.79 Å². The number of carbonyl (C=O) groups is 1. The van der Waals surface area contributed by atoms with Crippen LogP contribution in [-0.4, -0.2) is 43.1 Å². The van der Waals surface area contributed by atoms with E-state index in [4.69, 9.17) is 20.4 Å². The van der Waals surface area contributed by atoms with Crippen LogP contribution in [0.2, 0.25) is 0 Å². The van der Waals surface area contributed by atoms with E-state index in [0.717, 1.165) is 13.8 Å². The summed E-state index contributed by atoms with van der Waals surface area (Å²) in [4.78, 5) is 11.4. The maximum Gasteiger partial charge on any atom is 0.257 e. The van der Waals surface area contributed by atoms with Crippen molar-refractivity contribution in [3.05, 3.63) is 12.2 Å². The lowest BCUT2D eigenvalue weighted by molar-refractivity contribution is -0.353. The third-order valence-electron chi connectivity index (χ3n) is 1.42. The molecule has 0 spiro atoms. The lowest BCUT2D eigenvalue weighted by atomic mass is 10.2. The first-order valence-electron chi connectivity index (χ1n) is 3.87. The molecule has 6 nitrogen and oxygen atoms in total. The first-order valence-corrected chi connectivity index (χ1v) is 3.87. The van der Waals surface area contributed by atoms with Crippen molar-refractivity contribution in [1.29, 1.82) is 0 Å². The Hall–Kier alpha value is -0.950. The molecule has 14 heavy (non-hydrogen) atoms. The quantitative estimate of drug-likeness (QED) is 0.339. The molecule has 0 aromatic rings. The molecule has 0 aromatic heterocycles. The average Bonchev–Trinajstić information content (AvgIpc) is 1.79. The summed E-state index contributed by atoms with van der Waals surface area (Å²) in [5.41, 5.74) is -0.0475. The van der Waals surface area contributed by atoms with Crippen LogP contribution in [0.4, 0.5) is 0 Å². The van der Waals surface area contributed by atoms with Crippen molar-refractivity contribution >= 4 is 5.91 Å². The molecular weight excluding hydrogens is 190 g/mol. The van der Waals surface area contributed by atoms with E-state index in [1.807, 2.05) is 0 Å². The Morgan fingerprint density at radius 2 is 1.43 bits per heavy atom. The zero-order chi connectivity index (χ0) is 11.7. The van der Waals surface area contributed by atoms with E-state index in [2.05, 4.69) is 6.58 Å². The smallest absolute Gasteiger partial charge is 0.257 e. The molecule has 82 valence electrons. The van der Waals surface area contributed by atoms with E-state index < -0.39 is 17.7 Å². The molecular formula is C8H15NO5. The van der Waals surface area contributed by atoms with E-state index in [1.165, 1.54) is 6.92 Å². The van der Waals surface area contributed by atoms with Gasteiger partial charge in [0.2, 0.25) is 11.8 Å². The van der Waals surface area contributed by atoms with Crippen molar-refractivity contribution < 1.29 is 25.2 Å². The molecule has 0 fully saturated rings. The number of aliphatic hydroxyl groups is 4. The van der Waals surface area contributed by atoms with E-state index in [-0.39, 0.29) is 10.5 Å². The van der Waals surface area contributed by atoms with Gasteiger partial charge >= 0.3 is 0 Å². The summed E-state index contributed by atoms with van der Waals surface area (Å²) < 4.78 is 0. The van der Waals surface area contributed by atoms with Crippen LogP contribution in [0.5, 0.6) is 0 Å². The second kappa shape index (κ2) is 3.66. The Morgan fingerprint density at radius 3 is 1.50 bits per heavy atom. The second-order valence-corrected chi connectivity index (χ2v) is 3.36. The van der Waals surface area contributed by atoms with Gasteiger partial charge in [0.15, 0.2) is 0 Å². The van der Waals surface area contributed by atoms with Gasteiger partial charge in [-0.25, -0.2) is 4.90 Å². The molecule has 0 aromatic carbocycles. The molecule has 0 saturated carbocycles. The molecule has 6 heteroatoms. The Bertz CT molecular complexity index is 233. The van der Waals surface area contributed by atoms with Gasteiger partial charge in [-0.2, -0.15) is 0 Å². The van der Waals surface area contributed by atoms with Crippen LogP contribution in [0.1, 0.15) is 20.8 Å². The number of nitrogens with zero attached hydrogens (tertiary/aromatic N) is 1. The average molecular weight is 205 g/mol. The molecule has 0 atom stereocenters. The van der Waals surface area contributed by atoms with Crippen LogP contribution in [0.3, 0.4) is 0 Å². The number of rotatable bonds is 3. The minimum Gasteiger partial charge on any atom is -0.349 e. The van der Waals surface area contributed by atoms with E-state index in [0.29, 0.717) is 0 Å². The van der Waals surface area contributed by atoms with Crippen LogP contribution < -0.4 is 0 Å². The number of hydrogen-bond donors (Lipinski definition) is 4. The molecule has 0 heterocycles. The predicted molar refractivity (Wildman–Crippen MR) is 47.3 cm³/mol. The second-order valence-electron chi connectivity index (χ2n) is 3.36. The summed E-state index contributed by atoms with van der Waals surface area (Å²) in [6.07, 6.45) is 0. The van der Waals surface area contributed by atoms with Crippen LogP contribution in [-0.2, 0) is 4.79 Å². The molecule has 0 unspecified atom stereocenters. The maximum atomic E-state index is 11.3. The largest absolute Gasteiger partial charge is 0.349 e. The van der Waals surface area contributed by atoms with Crippen molar-refractivity contribution in [2.75, 3.05) is 0 Å². The molecule has 0 aliphatic rings. The van der Waals surface area contributed by atoms with Crippen LogP contribution in [0.25, 0.3) is 0 Å². The summed E-state index contributed by atoms with van der Waals surface area (Å²) in [5, 5.41) is 36.5. The molecule has 0 rings (SSSR count). The zero-order valence-electron chi connectivity index (χ0n) is 8.35. The standard InChI is InChI=1S/C8H15NO5/c1-5(2)6(10)9(7(3,11)12)8(4,13)14/h11-14H,1H2,2-4H3. The van der Waals surface area contributed by atoms with Crippen molar-refractivity contribution in [1.82, 2.24) is 4.90 Å². The van der Waals surface area contributed by atoms with E-state index >= 15 is 0 Å². The van der Waals surface area contributed by atoms with Crippen molar-refractivity contribution in [2.24, 2.45) is 0 Å². The summed E-state index contributed by atoms with van der Waals surface area (Å²) in [5.74, 6) is -6.31. The highest BCUT2D eigenvalue weighted by molar-refractivity contribution is 5.92. The van der Waals surface area contributed by atoms with Gasteiger partial charge < -0.3 is 20.4 Å². The molecule has 0 aliphatic carbocycles. The minimum atomic E-state index is -2.67.